The van der Waals surface area contributed by atoms with Crippen LogP contribution in [0.4, 0.5) is 0 Å². The molecular weight excluding hydrogens is 348 g/mol. The van der Waals surface area contributed by atoms with Gasteiger partial charge < -0.3 is 15.4 Å². The van der Waals surface area contributed by atoms with Gasteiger partial charge in [-0.1, -0.05) is 13.8 Å². The van der Waals surface area contributed by atoms with E-state index in [1.165, 1.54) is 6.07 Å². The molecule has 24 heavy (non-hydrogen) atoms. The molecule has 0 aromatic carbocycles. The Labute approximate surface area is 148 Å². The highest BCUT2D eigenvalue weighted by Gasteiger charge is 2.13. The fourth-order valence-electron chi connectivity index (χ4n) is 2.15. The molecule has 1 unspecified atom stereocenters. The molecule has 4 N–H and O–H groups in total. The quantitative estimate of drug-likeness (QED) is 0.447. The summed E-state index contributed by atoms with van der Waals surface area (Å²) in [5.74, 6) is 1.13. The van der Waals surface area contributed by atoms with Gasteiger partial charge in [-0.15, -0.1) is 11.3 Å². The van der Waals surface area contributed by atoms with Crippen LogP contribution in [0.1, 0.15) is 32.1 Å². The summed E-state index contributed by atoms with van der Waals surface area (Å²) >= 11 is 1.15. The van der Waals surface area contributed by atoms with Crippen LogP contribution in [0.2, 0.25) is 0 Å². The van der Waals surface area contributed by atoms with Crippen LogP contribution in [0.25, 0.3) is 0 Å². The van der Waals surface area contributed by atoms with Gasteiger partial charge in [0.1, 0.15) is 4.21 Å². The number of hydrogen-bond acceptors (Lipinski definition) is 5. The lowest BCUT2D eigenvalue weighted by molar-refractivity contribution is 0.0258. The molecule has 1 aromatic heterocycles. The largest absolute Gasteiger partial charge is 0.378 e. The fourth-order valence-corrected chi connectivity index (χ4v) is 3.87. The maximum absolute atomic E-state index is 11.3. The molecule has 1 rings (SSSR count). The molecule has 1 heterocycles. The zero-order valence-electron chi connectivity index (χ0n) is 14.7. The van der Waals surface area contributed by atoms with Gasteiger partial charge in [-0.05, 0) is 31.4 Å². The zero-order valence-corrected chi connectivity index (χ0v) is 16.3. The topological polar surface area (TPSA) is 106 Å². The zero-order chi connectivity index (χ0) is 18.2. The Kier molecular flexibility index (Phi) is 8.68. The second-order valence-electron chi connectivity index (χ2n) is 5.64. The third-order valence-electron chi connectivity index (χ3n) is 3.42. The van der Waals surface area contributed by atoms with E-state index in [9.17, 15) is 8.42 Å². The van der Waals surface area contributed by atoms with Gasteiger partial charge in [0, 0.05) is 25.1 Å². The predicted molar refractivity (Wildman–Crippen MR) is 98.8 cm³/mol. The molecule has 0 saturated carbocycles. The Morgan fingerprint density at radius 2 is 2.08 bits per heavy atom. The van der Waals surface area contributed by atoms with Gasteiger partial charge in [-0.2, -0.15) is 0 Å². The molecule has 0 aliphatic heterocycles. The van der Waals surface area contributed by atoms with Gasteiger partial charge in [0.25, 0.3) is 0 Å². The molecule has 1 atom stereocenters. The van der Waals surface area contributed by atoms with Crippen molar-refractivity contribution in [3.8, 4) is 0 Å². The lowest BCUT2D eigenvalue weighted by Gasteiger charge is -2.21. The molecule has 0 spiro atoms. The Bertz CT molecular complexity index is 626. The summed E-state index contributed by atoms with van der Waals surface area (Å²) in [4.78, 5) is 5.03. The Morgan fingerprint density at radius 1 is 1.38 bits per heavy atom. The van der Waals surface area contributed by atoms with Crippen molar-refractivity contribution in [1.29, 1.82) is 0 Å². The smallest absolute Gasteiger partial charge is 0.247 e. The molecule has 0 fully saturated rings. The summed E-state index contributed by atoms with van der Waals surface area (Å²) in [7, 11) is -1.94. The molecule has 0 radical (unpaired) electrons. The average molecular weight is 377 g/mol. The third kappa shape index (κ3) is 7.16. The number of rotatable bonds is 9. The van der Waals surface area contributed by atoms with Crippen LogP contribution < -0.4 is 15.8 Å². The number of nitrogens with two attached hydrogens (primary N) is 1. The van der Waals surface area contributed by atoms with Gasteiger partial charge >= 0.3 is 0 Å². The van der Waals surface area contributed by atoms with E-state index in [1.807, 2.05) is 6.92 Å². The molecule has 0 amide bonds. The number of hydrogen-bond donors (Lipinski definition) is 3. The summed E-state index contributed by atoms with van der Waals surface area (Å²) in [6.07, 6.45) is 1.11. The lowest BCUT2D eigenvalue weighted by atomic mass is 10.0. The lowest BCUT2D eigenvalue weighted by Crippen LogP contribution is -2.38. The highest BCUT2D eigenvalue weighted by Crippen LogP contribution is 2.19. The van der Waals surface area contributed by atoms with E-state index in [0.717, 1.165) is 29.2 Å². The van der Waals surface area contributed by atoms with Crippen LogP contribution in [0.5, 0.6) is 0 Å². The fraction of sp³-hybridized carbons (Fsp3) is 0.667. The molecule has 9 heteroatoms. The van der Waals surface area contributed by atoms with Gasteiger partial charge in [-0.3, -0.25) is 4.99 Å². The van der Waals surface area contributed by atoms with Crippen LogP contribution in [-0.2, 0) is 21.3 Å². The summed E-state index contributed by atoms with van der Waals surface area (Å²) < 4.78 is 28.4. The summed E-state index contributed by atoms with van der Waals surface area (Å²) in [6, 6.07) is 3.26. The van der Waals surface area contributed by atoms with Crippen molar-refractivity contribution in [1.82, 2.24) is 10.6 Å². The number of ether oxygens (including phenoxy) is 1. The minimum absolute atomic E-state index is 0.165. The minimum Gasteiger partial charge on any atom is -0.378 e. The number of guanidine groups is 1. The number of nitrogens with zero attached hydrogens (tertiary/aromatic N) is 1. The summed E-state index contributed by atoms with van der Waals surface area (Å²) in [5, 5.41) is 11.5. The van der Waals surface area contributed by atoms with Crippen molar-refractivity contribution < 1.29 is 13.2 Å². The molecule has 0 aliphatic rings. The molecule has 1 aromatic rings. The van der Waals surface area contributed by atoms with E-state index in [0.29, 0.717) is 25.0 Å². The first kappa shape index (κ1) is 20.9. The minimum atomic E-state index is -3.63. The Morgan fingerprint density at radius 3 is 2.58 bits per heavy atom. The van der Waals surface area contributed by atoms with E-state index in [1.54, 1.807) is 13.1 Å². The average Bonchev–Trinajstić information content (AvgIpc) is 2.98. The number of aliphatic imine (C=N–C) groups is 1. The molecule has 7 nitrogen and oxygen atoms in total. The van der Waals surface area contributed by atoms with Gasteiger partial charge in [-0.25, -0.2) is 13.6 Å². The molecule has 138 valence electrons. The summed E-state index contributed by atoms with van der Waals surface area (Å²) in [5.41, 5.74) is 0. The SMILES string of the molecule is CCOC(CCNC(=NC)NCc1ccc(S(N)(=O)=O)s1)C(C)C. The van der Waals surface area contributed by atoms with Crippen LogP contribution in [0.15, 0.2) is 21.3 Å². The van der Waals surface area contributed by atoms with E-state index in [-0.39, 0.29) is 10.3 Å². The van der Waals surface area contributed by atoms with Gasteiger partial charge in [0.2, 0.25) is 10.0 Å². The van der Waals surface area contributed by atoms with Crippen LogP contribution in [0, 0.1) is 5.92 Å². The maximum Gasteiger partial charge on any atom is 0.247 e. The Hall–Kier alpha value is -1.16. The number of thiophene rings is 1. The first-order valence-electron chi connectivity index (χ1n) is 7.95. The highest BCUT2D eigenvalue weighted by molar-refractivity contribution is 7.91. The second-order valence-corrected chi connectivity index (χ2v) is 8.60. The van der Waals surface area contributed by atoms with Gasteiger partial charge in [0.15, 0.2) is 5.96 Å². The van der Waals surface area contributed by atoms with Crippen LogP contribution >= 0.6 is 11.3 Å². The molecule has 0 aliphatic carbocycles. The van der Waals surface area contributed by atoms with E-state index in [4.69, 9.17) is 9.88 Å². The normalized spacial score (nSPS) is 14.0. The van der Waals surface area contributed by atoms with Crippen molar-refractivity contribution in [2.45, 2.75) is 44.0 Å². The van der Waals surface area contributed by atoms with Crippen LogP contribution in [-0.4, -0.2) is 40.7 Å². The number of primary sulfonamides is 1. The standard InChI is InChI=1S/C15H28N4O3S2/c1-5-22-13(11(2)3)8-9-18-15(17-4)19-10-12-6-7-14(23-12)24(16,20)21/h6-7,11,13H,5,8-10H2,1-4H3,(H2,16,20,21)(H2,17,18,19). The Balaban J connectivity index is 2.44. The number of sulfonamides is 1. The van der Waals surface area contributed by atoms with Crippen LogP contribution in [0.3, 0.4) is 0 Å². The van der Waals surface area contributed by atoms with Crippen molar-refractivity contribution >= 4 is 27.3 Å². The van der Waals surface area contributed by atoms with E-state index >= 15 is 0 Å². The first-order valence-corrected chi connectivity index (χ1v) is 10.3. The molecule has 0 bridgehead atoms. The molecular formula is C15H28N4O3S2. The summed E-state index contributed by atoms with van der Waals surface area (Å²) in [6.45, 7) is 8.23. The van der Waals surface area contributed by atoms with Crippen molar-refractivity contribution in [2.24, 2.45) is 16.0 Å². The third-order valence-corrected chi connectivity index (χ3v) is 5.94. The van der Waals surface area contributed by atoms with E-state index < -0.39 is 10.0 Å². The monoisotopic (exact) mass is 376 g/mol. The van der Waals surface area contributed by atoms with Crippen molar-refractivity contribution in [3.05, 3.63) is 17.0 Å². The molecule has 0 saturated heterocycles. The van der Waals surface area contributed by atoms with Crippen molar-refractivity contribution in [3.63, 3.8) is 0 Å². The van der Waals surface area contributed by atoms with E-state index in [2.05, 4.69) is 29.5 Å². The first-order chi connectivity index (χ1) is 11.3. The maximum atomic E-state index is 11.3. The highest BCUT2D eigenvalue weighted by atomic mass is 32.2. The number of nitrogens with one attached hydrogen (secondary N) is 2. The van der Waals surface area contributed by atoms with Crippen molar-refractivity contribution in [2.75, 3.05) is 20.2 Å². The van der Waals surface area contributed by atoms with Gasteiger partial charge in [0.05, 0.1) is 12.6 Å². The predicted octanol–water partition coefficient (Wildman–Crippen LogP) is 1.51. The second kappa shape index (κ2) is 9.97.